The van der Waals surface area contributed by atoms with E-state index in [0.717, 1.165) is 5.56 Å². The van der Waals surface area contributed by atoms with Crippen LogP contribution in [-0.2, 0) is 6.61 Å². The molecule has 0 aliphatic rings. The summed E-state index contributed by atoms with van der Waals surface area (Å²) in [6, 6.07) is 11.3. The number of nitrogens with two attached hydrogens (primary N) is 1. The molecule has 1 atom stereocenters. The summed E-state index contributed by atoms with van der Waals surface area (Å²) < 4.78 is 48.6. The van der Waals surface area contributed by atoms with Gasteiger partial charge < -0.3 is 15.2 Å². The molecule has 0 aliphatic carbocycles. The zero-order valence-electron chi connectivity index (χ0n) is 11.9. The molecule has 0 amide bonds. The molecular weight excluding hydrogens is 295 g/mol. The van der Waals surface area contributed by atoms with Gasteiger partial charge in [-0.05, 0) is 23.3 Å². The van der Waals surface area contributed by atoms with Crippen LogP contribution in [0.2, 0.25) is 0 Å². The Labute approximate surface area is 126 Å². The third-order valence-electron chi connectivity index (χ3n) is 3.14. The van der Waals surface area contributed by atoms with Crippen molar-refractivity contribution in [2.75, 3.05) is 7.11 Å². The number of ether oxygens (including phenoxy) is 2. The zero-order valence-corrected chi connectivity index (χ0v) is 11.9. The molecule has 0 aromatic heterocycles. The molecule has 0 heterocycles. The van der Waals surface area contributed by atoms with E-state index in [-0.39, 0.29) is 11.3 Å². The van der Waals surface area contributed by atoms with Gasteiger partial charge in [-0.2, -0.15) is 13.2 Å². The Bertz CT molecular complexity index is 615. The van der Waals surface area contributed by atoms with E-state index in [2.05, 4.69) is 0 Å². The van der Waals surface area contributed by atoms with E-state index in [0.29, 0.717) is 12.4 Å². The lowest BCUT2D eigenvalue weighted by atomic mass is 10.1. The first kappa shape index (κ1) is 16.2. The first-order valence-corrected chi connectivity index (χ1v) is 6.59. The number of rotatable bonds is 5. The first-order valence-electron chi connectivity index (χ1n) is 6.59. The van der Waals surface area contributed by atoms with Gasteiger partial charge in [-0.15, -0.1) is 0 Å². The molecule has 0 spiro atoms. The van der Waals surface area contributed by atoms with Crippen molar-refractivity contribution in [1.82, 2.24) is 0 Å². The van der Waals surface area contributed by atoms with E-state index in [4.69, 9.17) is 15.2 Å². The second-order valence-electron chi connectivity index (χ2n) is 4.70. The van der Waals surface area contributed by atoms with Crippen LogP contribution in [0.1, 0.15) is 17.2 Å². The van der Waals surface area contributed by atoms with E-state index >= 15 is 0 Å². The van der Waals surface area contributed by atoms with Gasteiger partial charge in [-0.3, -0.25) is 0 Å². The highest BCUT2D eigenvalue weighted by Crippen LogP contribution is 2.35. The third-order valence-corrected chi connectivity index (χ3v) is 3.14. The van der Waals surface area contributed by atoms with Crippen LogP contribution in [-0.4, -0.2) is 13.3 Å². The molecule has 2 rings (SSSR count). The summed E-state index contributed by atoms with van der Waals surface area (Å²) in [7, 11) is 1.37. The molecule has 0 aliphatic heterocycles. The van der Waals surface area contributed by atoms with Crippen LogP contribution in [0.15, 0.2) is 48.5 Å². The second-order valence-corrected chi connectivity index (χ2v) is 4.70. The monoisotopic (exact) mass is 311 g/mol. The highest BCUT2D eigenvalue weighted by atomic mass is 19.4. The molecular formula is C16H16F3NO2. The van der Waals surface area contributed by atoms with E-state index in [1.54, 1.807) is 0 Å². The number of halogens is 3. The Morgan fingerprint density at radius 3 is 2.32 bits per heavy atom. The van der Waals surface area contributed by atoms with Crippen LogP contribution in [0.25, 0.3) is 0 Å². The van der Waals surface area contributed by atoms with Crippen molar-refractivity contribution in [2.45, 2.75) is 18.8 Å². The van der Waals surface area contributed by atoms with E-state index in [9.17, 15) is 13.2 Å². The fourth-order valence-electron chi connectivity index (χ4n) is 1.92. The van der Waals surface area contributed by atoms with Gasteiger partial charge >= 0.3 is 6.18 Å². The van der Waals surface area contributed by atoms with Crippen LogP contribution in [0.5, 0.6) is 11.5 Å². The standard InChI is InChI=1S/C16H16F3NO2/c1-21-14-9-12(15(20)16(17,18)19)7-8-13(14)22-10-11-5-3-2-4-6-11/h2-9,15H,10,20H2,1H3/t15-/m0/s1. The molecule has 2 aromatic carbocycles. The predicted molar refractivity (Wildman–Crippen MR) is 76.8 cm³/mol. The Morgan fingerprint density at radius 1 is 1.05 bits per heavy atom. The number of hydrogen-bond donors (Lipinski definition) is 1. The quantitative estimate of drug-likeness (QED) is 0.912. The van der Waals surface area contributed by atoms with E-state index < -0.39 is 12.2 Å². The summed E-state index contributed by atoms with van der Waals surface area (Å²) in [6.07, 6.45) is -4.50. The topological polar surface area (TPSA) is 44.5 Å². The Balaban J connectivity index is 2.16. The van der Waals surface area contributed by atoms with Crippen molar-refractivity contribution < 1.29 is 22.6 Å². The van der Waals surface area contributed by atoms with Crippen LogP contribution in [0, 0.1) is 0 Å². The molecule has 22 heavy (non-hydrogen) atoms. The lowest BCUT2D eigenvalue weighted by Crippen LogP contribution is -2.28. The zero-order chi connectivity index (χ0) is 16.2. The number of hydrogen-bond acceptors (Lipinski definition) is 3. The van der Waals surface area contributed by atoms with Gasteiger partial charge in [0, 0.05) is 0 Å². The average Bonchev–Trinajstić information content (AvgIpc) is 2.52. The fraction of sp³-hybridized carbons (Fsp3) is 0.250. The third kappa shape index (κ3) is 3.92. The Hall–Kier alpha value is -2.21. The first-order chi connectivity index (χ1) is 10.4. The van der Waals surface area contributed by atoms with Gasteiger partial charge in [0.1, 0.15) is 12.6 Å². The maximum Gasteiger partial charge on any atom is 0.407 e. The number of alkyl halides is 3. The highest BCUT2D eigenvalue weighted by molar-refractivity contribution is 5.44. The normalized spacial score (nSPS) is 12.8. The molecule has 0 bridgehead atoms. The Morgan fingerprint density at radius 2 is 1.73 bits per heavy atom. The summed E-state index contributed by atoms with van der Waals surface area (Å²) in [4.78, 5) is 0. The molecule has 0 saturated heterocycles. The van der Waals surface area contributed by atoms with Crippen LogP contribution >= 0.6 is 0 Å². The summed E-state index contributed by atoms with van der Waals surface area (Å²) >= 11 is 0. The van der Waals surface area contributed by atoms with Crippen molar-refractivity contribution in [3.8, 4) is 11.5 Å². The van der Waals surface area contributed by atoms with Crippen LogP contribution in [0.3, 0.4) is 0 Å². The van der Waals surface area contributed by atoms with Crippen molar-refractivity contribution in [3.63, 3.8) is 0 Å². The molecule has 0 radical (unpaired) electrons. The SMILES string of the molecule is COc1cc([C@H](N)C(F)(F)F)ccc1OCc1ccccc1. The fourth-order valence-corrected chi connectivity index (χ4v) is 1.92. The molecule has 118 valence electrons. The minimum Gasteiger partial charge on any atom is -0.493 e. The minimum absolute atomic E-state index is 0.0728. The summed E-state index contributed by atoms with van der Waals surface area (Å²) in [5.41, 5.74) is 6.06. The average molecular weight is 311 g/mol. The number of methoxy groups -OCH3 is 1. The molecule has 6 heteroatoms. The molecule has 2 aromatic rings. The van der Waals surface area contributed by atoms with Gasteiger partial charge in [-0.25, -0.2) is 0 Å². The van der Waals surface area contributed by atoms with Gasteiger partial charge in [-0.1, -0.05) is 36.4 Å². The largest absolute Gasteiger partial charge is 0.493 e. The van der Waals surface area contributed by atoms with Crippen molar-refractivity contribution in [1.29, 1.82) is 0 Å². The van der Waals surface area contributed by atoms with E-state index in [1.165, 1.54) is 25.3 Å². The lowest BCUT2D eigenvalue weighted by Gasteiger charge is -2.18. The maximum absolute atomic E-state index is 12.6. The summed E-state index contributed by atoms with van der Waals surface area (Å²) in [5, 5.41) is 0. The molecule has 0 saturated carbocycles. The highest BCUT2D eigenvalue weighted by Gasteiger charge is 2.38. The van der Waals surface area contributed by atoms with Gasteiger partial charge in [0.05, 0.1) is 7.11 Å². The van der Waals surface area contributed by atoms with E-state index in [1.807, 2.05) is 30.3 Å². The van der Waals surface area contributed by atoms with Crippen LogP contribution < -0.4 is 15.2 Å². The molecule has 2 N–H and O–H groups in total. The Kier molecular flexibility index (Phi) is 4.92. The number of benzene rings is 2. The second kappa shape index (κ2) is 6.70. The summed E-state index contributed by atoms with van der Waals surface area (Å²) in [5.74, 6) is 0.581. The van der Waals surface area contributed by atoms with Gasteiger partial charge in [0.25, 0.3) is 0 Å². The lowest BCUT2D eigenvalue weighted by molar-refractivity contribution is -0.149. The van der Waals surface area contributed by atoms with Crippen LogP contribution in [0.4, 0.5) is 13.2 Å². The molecule has 0 unspecified atom stereocenters. The molecule has 0 fully saturated rings. The minimum atomic E-state index is -4.50. The predicted octanol–water partition coefficient (Wildman–Crippen LogP) is 3.84. The van der Waals surface area contributed by atoms with Gasteiger partial charge in [0.15, 0.2) is 11.5 Å². The van der Waals surface area contributed by atoms with Crippen molar-refractivity contribution in [2.24, 2.45) is 5.73 Å². The van der Waals surface area contributed by atoms with Crippen molar-refractivity contribution >= 4 is 0 Å². The maximum atomic E-state index is 12.6. The summed E-state index contributed by atoms with van der Waals surface area (Å²) in [6.45, 7) is 0.294. The van der Waals surface area contributed by atoms with Gasteiger partial charge in [0.2, 0.25) is 0 Å². The smallest absolute Gasteiger partial charge is 0.407 e. The molecule has 3 nitrogen and oxygen atoms in total. The van der Waals surface area contributed by atoms with Crippen molar-refractivity contribution in [3.05, 3.63) is 59.7 Å².